The molecule has 166 valence electrons. The first-order chi connectivity index (χ1) is 15.6. The maximum Gasteiger partial charge on any atom is 0.255 e. The van der Waals surface area contributed by atoms with Crippen LogP contribution >= 0.6 is 0 Å². The number of amides is 1. The second kappa shape index (κ2) is 10.4. The van der Waals surface area contributed by atoms with Gasteiger partial charge in [-0.25, -0.2) is 0 Å². The summed E-state index contributed by atoms with van der Waals surface area (Å²) in [5.41, 5.74) is 3.97. The Balaban J connectivity index is 1.39. The van der Waals surface area contributed by atoms with E-state index < -0.39 is 0 Å². The molecule has 3 aromatic carbocycles. The van der Waals surface area contributed by atoms with Gasteiger partial charge in [-0.15, -0.1) is 0 Å². The standard InChI is InChI=1S/C28H32N2O2/c1-21-9-8-18-30(19-21)25-16-14-24(15-17-25)22(2)29-28(31)26-12-6-7-13-27(26)32-20-23-10-4-3-5-11-23/h3-7,10-17,21-22H,8-9,18-20H2,1-2H3,(H,29,31)/t21-,22+/m1/s1. The quantitative estimate of drug-likeness (QED) is 0.502. The number of benzene rings is 3. The van der Waals surface area contributed by atoms with Crippen LogP contribution in [0.2, 0.25) is 0 Å². The maximum absolute atomic E-state index is 13.0. The van der Waals surface area contributed by atoms with E-state index in [9.17, 15) is 4.79 Å². The number of ether oxygens (including phenoxy) is 1. The fourth-order valence-corrected chi connectivity index (χ4v) is 4.27. The van der Waals surface area contributed by atoms with Crippen molar-refractivity contribution in [1.82, 2.24) is 5.32 Å². The average Bonchev–Trinajstić information content (AvgIpc) is 2.83. The minimum atomic E-state index is -0.130. The second-order valence-corrected chi connectivity index (χ2v) is 8.75. The number of carbonyl (C=O) groups excluding carboxylic acids is 1. The predicted octanol–water partition coefficient (Wildman–Crippen LogP) is 5.99. The molecule has 4 nitrogen and oxygen atoms in total. The zero-order valence-corrected chi connectivity index (χ0v) is 19.0. The smallest absolute Gasteiger partial charge is 0.255 e. The lowest BCUT2D eigenvalue weighted by Gasteiger charge is -2.33. The molecule has 0 radical (unpaired) electrons. The van der Waals surface area contributed by atoms with E-state index in [1.165, 1.54) is 18.5 Å². The van der Waals surface area contributed by atoms with Crippen LogP contribution in [0.25, 0.3) is 0 Å². The number of para-hydroxylation sites is 1. The lowest BCUT2D eigenvalue weighted by molar-refractivity contribution is 0.0935. The fourth-order valence-electron chi connectivity index (χ4n) is 4.27. The van der Waals surface area contributed by atoms with Crippen LogP contribution in [0.1, 0.15) is 54.2 Å². The lowest BCUT2D eigenvalue weighted by Crippen LogP contribution is -2.34. The Morgan fingerprint density at radius 3 is 2.50 bits per heavy atom. The molecule has 1 aliphatic rings. The maximum atomic E-state index is 13.0. The normalized spacial score (nSPS) is 16.9. The first-order valence-corrected chi connectivity index (χ1v) is 11.5. The zero-order valence-electron chi connectivity index (χ0n) is 19.0. The third-order valence-electron chi connectivity index (χ3n) is 6.13. The second-order valence-electron chi connectivity index (χ2n) is 8.75. The van der Waals surface area contributed by atoms with Crippen molar-refractivity contribution in [3.05, 3.63) is 95.6 Å². The minimum Gasteiger partial charge on any atom is -0.488 e. The molecule has 1 fully saturated rings. The third kappa shape index (κ3) is 5.50. The highest BCUT2D eigenvalue weighted by atomic mass is 16.5. The summed E-state index contributed by atoms with van der Waals surface area (Å²) < 4.78 is 5.96. The van der Waals surface area contributed by atoms with Crippen molar-refractivity contribution < 1.29 is 9.53 Å². The average molecular weight is 429 g/mol. The van der Waals surface area contributed by atoms with E-state index in [0.29, 0.717) is 17.9 Å². The van der Waals surface area contributed by atoms with Crippen molar-refractivity contribution in [2.75, 3.05) is 18.0 Å². The highest BCUT2D eigenvalue weighted by Crippen LogP contribution is 2.25. The Hall–Kier alpha value is -3.27. The van der Waals surface area contributed by atoms with Gasteiger partial charge >= 0.3 is 0 Å². The molecule has 32 heavy (non-hydrogen) atoms. The highest BCUT2D eigenvalue weighted by molar-refractivity contribution is 5.97. The van der Waals surface area contributed by atoms with Crippen LogP contribution < -0.4 is 15.0 Å². The number of hydrogen-bond acceptors (Lipinski definition) is 3. The van der Waals surface area contributed by atoms with Gasteiger partial charge in [0.15, 0.2) is 0 Å². The van der Waals surface area contributed by atoms with Gasteiger partial charge in [-0.05, 0) is 61.1 Å². The van der Waals surface area contributed by atoms with Crippen LogP contribution in [0, 0.1) is 5.92 Å². The Morgan fingerprint density at radius 1 is 1.03 bits per heavy atom. The van der Waals surface area contributed by atoms with Crippen molar-refractivity contribution >= 4 is 11.6 Å². The molecule has 0 spiro atoms. The molecule has 4 rings (SSSR count). The van der Waals surface area contributed by atoms with E-state index in [2.05, 4.69) is 41.4 Å². The Kier molecular flexibility index (Phi) is 7.10. The summed E-state index contributed by atoms with van der Waals surface area (Å²) in [6.45, 7) is 7.00. The largest absolute Gasteiger partial charge is 0.488 e. The molecule has 0 saturated carbocycles. The fraction of sp³-hybridized carbons (Fsp3) is 0.321. The van der Waals surface area contributed by atoms with Gasteiger partial charge in [-0.1, -0.05) is 61.5 Å². The molecule has 1 N–H and O–H groups in total. The van der Waals surface area contributed by atoms with Gasteiger partial charge in [-0.2, -0.15) is 0 Å². The minimum absolute atomic E-state index is 0.0981. The number of rotatable bonds is 7. The molecule has 0 unspecified atom stereocenters. The molecule has 4 heteroatoms. The van der Waals surface area contributed by atoms with Crippen LogP contribution in [0.5, 0.6) is 5.75 Å². The van der Waals surface area contributed by atoms with Crippen molar-refractivity contribution in [2.24, 2.45) is 5.92 Å². The number of nitrogens with one attached hydrogen (secondary N) is 1. The molecule has 0 aromatic heterocycles. The van der Waals surface area contributed by atoms with E-state index in [-0.39, 0.29) is 11.9 Å². The Labute approximate surface area is 191 Å². The molecule has 1 amide bonds. The number of carbonyl (C=O) groups is 1. The molecule has 2 atom stereocenters. The third-order valence-corrected chi connectivity index (χ3v) is 6.13. The van der Waals surface area contributed by atoms with Gasteiger partial charge in [-0.3, -0.25) is 4.79 Å². The number of anilines is 1. The van der Waals surface area contributed by atoms with Gasteiger partial charge in [0, 0.05) is 18.8 Å². The summed E-state index contributed by atoms with van der Waals surface area (Å²) in [6, 6.07) is 25.9. The summed E-state index contributed by atoms with van der Waals surface area (Å²) in [4.78, 5) is 15.5. The predicted molar refractivity (Wildman–Crippen MR) is 130 cm³/mol. The zero-order chi connectivity index (χ0) is 22.3. The first-order valence-electron chi connectivity index (χ1n) is 11.5. The van der Waals surface area contributed by atoms with E-state index >= 15 is 0 Å². The summed E-state index contributed by atoms with van der Waals surface area (Å²) in [7, 11) is 0. The van der Waals surface area contributed by atoms with Gasteiger partial charge in [0.1, 0.15) is 12.4 Å². The van der Waals surface area contributed by atoms with Crippen molar-refractivity contribution in [3.63, 3.8) is 0 Å². The lowest BCUT2D eigenvalue weighted by atomic mass is 9.99. The molecular weight excluding hydrogens is 396 g/mol. The monoisotopic (exact) mass is 428 g/mol. The van der Waals surface area contributed by atoms with Crippen LogP contribution in [0.15, 0.2) is 78.9 Å². The Morgan fingerprint density at radius 2 is 1.75 bits per heavy atom. The number of nitrogens with zero attached hydrogens (tertiary/aromatic N) is 1. The first kappa shape index (κ1) is 21.9. The van der Waals surface area contributed by atoms with Crippen LogP contribution in [0.4, 0.5) is 5.69 Å². The summed E-state index contributed by atoms with van der Waals surface area (Å²) in [6.07, 6.45) is 2.56. The van der Waals surface area contributed by atoms with E-state index in [4.69, 9.17) is 4.74 Å². The van der Waals surface area contributed by atoms with Crippen molar-refractivity contribution in [2.45, 2.75) is 39.3 Å². The summed E-state index contributed by atoms with van der Waals surface area (Å²) in [5.74, 6) is 1.21. The SMILES string of the molecule is C[C@@H]1CCCN(c2ccc([C@H](C)NC(=O)c3ccccc3OCc3ccccc3)cc2)C1. The number of piperidine rings is 1. The van der Waals surface area contributed by atoms with Gasteiger partial charge < -0.3 is 15.0 Å². The van der Waals surface area contributed by atoms with Crippen molar-refractivity contribution in [1.29, 1.82) is 0 Å². The van der Waals surface area contributed by atoms with Crippen LogP contribution in [-0.4, -0.2) is 19.0 Å². The van der Waals surface area contributed by atoms with E-state index in [1.807, 2.05) is 61.5 Å². The summed E-state index contributed by atoms with van der Waals surface area (Å²) >= 11 is 0. The molecule has 1 heterocycles. The summed E-state index contributed by atoms with van der Waals surface area (Å²) in [5, 5.41) is 3.12. The van der Waals surface area contributed by atoms with E-state index in [1.54, 1.807) is 0 Å². The molecular formula is C28H32N2O2. The topological polar surface area (TPSA) is 41.6 Å². The van der Waals surface area contributed by atoms with Crippen LogP contribution in [0.3, 0.4) is 0 Å². The molecule has 1 saturated heterocycles. The van der Waals surface area contributed by atoms with E-state index in [0.717, 1.165) is 30.1 Å². The molecule has 0 aliphatic carbocycles. The highest BCUT2D eigenvalue weighted by Gasteiger charge is 2.18. The molecule has 0 bridgehead atoms. The number of hydrogen-bond donors (Lipinski definition) is 1. The van der Waals surface area contributed by atoms with Crippen molar-refractivity contribution in [3.8, 4) is 5.75 Å². The van der Waals surface area contributed by atoms with Crippen LogP contribution in [-0.2, 0) is 6.61 Å². The molecule has 3 aromatic rings. The Bertz CT molecular complexity index is 1020. The van der Waals surface area contributed by atoms with Gasteiger partial charge in [0.25, 0.3) is 5.91 Å². The van der Waals surface area contributed by atoms with Gasteiger partial charge in [0.2, 0.25) is 0 Å². The molecule has 1 aliphatic heterocycles. The van der Waals surface area contributed by atoms with Gasteiger partial charge in [0.05, 0.1) is 11.6 Å².